The smallest absolute Gasteiger partial charge is 0.243 e. The van der Waals surface area contributed by atoms with Crippen LogP contribution in [0.5, 0.6) is 0 Å². The Morgan fingerprint density at radius 2 is 1.96 bits per heavy atom. The molecule has 1 N–H and O–H groups in total. The number of pyridine rings is 1. The highest BCUT2D eigenvalue weighted by Gasteiger charge is 2.19. The van der Waals surface area contributed by atoms with Crippen molar-refractivity contribution in [1.29, 1.82) is 0 Å². The van der Waals surface area contributed by atoms with E-state index >= 15 is 0 Å². The number of rotatable bonds is 5. The molecule has 3 aromatic rings. The van der Waals surface area contributed by atoms with Crippen LogP contribution in [0.1, 0.15) is 5.56 Å². The molecule has 0 saturated carbocycles. The van der Waals surface area contributed by atoms with Crippen molar-refractivity contribution >= 4 is 21.4 Å². The lowest BCUT2D eigenvalue weighted by Gasteiger charge is -2.10. The minimum absolute atomic E-state index is 0.0374. The third-order valence-electron chi connectivity index (χ3n) is 3.26. The summed E-state index contributed by atoms with van der Waals surface area (Å²) in [4.78, 5) is 3.95. The summed E-state index contributed by atoms with van der Waals surface area (Å²) in [5, 5.41) is 3.87. The maximum Gasteiger partial charge on any atom is 0.243 e. The van der Waals surface area contributed by atoms with Gasteiger partial charge in [0.2, 0.25) is 10.0 Å². The second kappa shape index (κ2) is 6.57. The van der Waals surface area contributed by atoms with Crippen molar-refractivity contribution in [2.45, 2.75) is 11.4 Å². The van der Waals surface area contributed by atoms with Gasteiger partial charge >= 0.3 is 0 Å². The van der Waals surface area contributed by atoms with Gasteiger partial charge in [-0.1, -0.05) is 18.2 Å². The van der Waals surface area contributed by atoms with Gasteiger partial charge in [0.1, 0.15) is 10.7 Å². The Bertz CT molecular complexity index is 909. The van der Waals surface area contributed by atoms with Gasteiger partial charge in [-0.3, -0.25) is 4.98 Å². The molecule has 0 aliphatic rings. The highest BCUT2D eigenvalue weighted by molar-refractivity contribution is 7.89. The van der Waals surface area contributed by atoms with Crippen LogP contribution in [-0.2, 0) is 16.6 Å². The molecule has 0 spiro atoms. The van der Waals surface area contributed by atoms with Crippen molar-refractivity contribution in [3.05, 3.63) is 70.8 Å². The fourth-order valence-electron chi connectivity index (χ4n) is 2.15. The van der Waals surface area contributed by atoms with E-state index in [4.69, 9.17) is 0 Å². The first-order chi connectivity index (χ1) is 11.1. The minimum Gasteiger partial charge on any atom is -0.256 e. The lowest BCUT2D eigenvalue weighted by atomic mass is 10.1. The lowest BCUT2D eigenvalue weighted by molar-refractivity contribution is 0.557. The molecule has 1 aromatic carbocycles. The Balaban J connectivity index is 1.86. The molecule has 2 heterocycles. The normalized spacial score (nSPS) is 11.5. The molecule has 0 fully saturated rings. The molecule has 0 aliphatic carbocycles. The predicted molar refractivity (Wildman–Crippen MR) is 88.0 cm³/mol. The topological polar surface area (TPSA) is 59.1 Å². The van der Waals surface area contributed by atoms with Gasteiger partial charge < -0.3 is 0 Å². The minimum atomic E-state index is -3.92. The van der Waals surface area contributed by atoms with Crippen molar-refractivity contribution in [1.82, 2.24) is 9.71 Å². The van der Waals surface area contributed by atoms with Crippen molar-refractivity contribution in [3.8, 4) is 11.3 Å². The Hall–Kier alpha value is -2.09. The van der Waals surface area contributed by atoms with E-state index in [9.17, 15) is 12.8 Å². The van der Waals surface area contributed by atoms with Gasteiger partial charge in [0.15, 0.2) is 0 Å². The van der Waals surface area contributed by atoms with Crippen LogP contribution in [0.15, 0.2) is 64.3 Å². The lowest BCUT2D eigenvalue weighted by Crippen LogP contribution is -2.24. The van der Waals surface area contributed by atoms with Gasteiger partial charge in [0, 0.05) is 23.7 Å². The fraction of sp³-hybridized carbons (Fsp3) is 0.0625. The molecular weight excluding hydrogens is 335 g/mol. The molecule has 7 heteroatoms. The summed E-state index contributed by atoms with van der Waals surface area (Å²) < 4.78 is 40.6. The summed E-state index contributed by atoms with van der Waals surface area (Å²) in [6.07, 6.45) is 1.65. The number of benzene rings is 1. The van der Waals surface area contributed by atoms with Gasteiger partial charge in [0.05, 0.1) is 5.69 Å². The second-order valence-electron chi connectivity index (χ2n) is 4.78. The highest BCUT2D eigenvalue weighted by Crippen LogP contribution is 2.24. The van der Waals surface area contributed by atoms with Gasteiger partial charge in [0.25, 0.3) is 0 Å². The average molecular weight is 348 g/mol. The van der Waals surface area contributed by atoms with E-state index in [-0.39, 0.29) is 11.4 Å². The first-order valence-corrected chi connectivity index (χ1v) is 9.21. The predicted octanol–water partition coefficient (Wildman–Crippen LogP) is 3.43. The summed E-state index contributed by atoms with van der Waals surface area (Å²) >= 11 is 1.54. The summed E-state index contributed by atoms with van der Waals surface area (Å²) in [6.45, 7) is 0.0374. The zero-order chi connectivity index (χ0) is 16.3. The van der Waals surface area contributed by atoms with Crippen LogP contribution in [0.3, 0.4) is 0 Å². The Morgan fingerprint density at radius 1 is 1.13 bits per heavy atom. The van der Waals surface area contributed by atoms with Crippen LogP contribution in [0.25, 0.3) is 11.3 Å². The number of halogens is 1. The van der Waals surface area contributed by atoms with Crippen LogP contribution in [-0.4, -0.2) is 13.4 Å². The molecule has 0 saturated heterocycles. The van der Waals surface area contributed by atoms with Crippen molar-refractivity contribution in [2.75, 3.05) is 0 Å². The number of hydrogen-bond acceptors (Lipinski definition) is 4. The van der Waals surface area contributed by atoms with Crippen LogP contribution in [0, 0.1) is 5.82 Å². The monoisotopic (exact) mass is 348 g/mol. The van der Waals surface area contributed by atoms with Crippen molar-refractivity contribution in [2.24, 2.45) is 0 Å². The number of aromatic nitrogens is 1. The first-order valence-electron chi connectivity index (χ1n) is 6.78. The highest BCUT2D eigenvalue weighted by atomic mass is 32.2. The number of sulfonamides is 1. The van der Waals surface area contributed by atoms with E-state index in [0.717, 1.165) is 17.2 Å². The largest absolute Gasteiger partial charge is 0.256 e. The standard InChI is InChI=1S/C16H13FN2O2S2/c17-14-5-1-2-6-15(14)23(20,21)19-10-12-4-3-8-18-16(12)13-7-9-22-11-13/h1-9,11,19H,10H2. The maximum atomic E-state index is 13.7. The van der Waals surface area contributed by atoms with Crippen LogP contribution < -0.4 is 4.72 Å². The summed E-state index contributed by atoms with van der Waals surface area (Å²) in [5.74, 6) is -0.774. The van der Waals surface area contributed by atoms with E-state index in [2.05, 4.69) is 9.71 Å². The molecule has 23 heavy (non-hydrogen) atoms. The zero-order valence-electron chi connectivity index (χ0n) is 11.9. The molecule has 118 valence electrons. The Kier molecular flexibility index (Phi) is 4.51. The van der Waals surface area contributed by atoms with Gasteiger partial charge in [-0.25, -0.2) is 17.5 Å². The van der Waals surface area contributed by atoms with Crippen molar-refractivity contribution < 1.29 is 12.8 Å². The number of hydrogen-bond donors (Lipinski definition) is 1. The Morgan fingerprint density at radius 3 is 2.70 bits per heavy atom. The van der Waals surface area contributed by atoms with Crippen LogP contribution >= 0.6 is 11.3 Å². The Labute approximate surface area is 137 Å². The molecular formula is C16H13FN2O2S2. The van der Waals surface area contributed by atoms with E-state index in [1.165, 1.54) is 29.5 Å². The third-order valence-corrected chi connectivity index (χ3v) is 5.38. The molecule has 4 nitrogen and oxygen atoms in total. The van der Waals surface area contributed by atoms with Gasteiger partial charge in [-0.15, -0.1) is 0 Å². The molecule has 0 unspecified atom stereocenters. The first kappa shape index (κ1) is 15.8. The van der Waals surface area contributed by atoms with Gasteiger partial charge in [-0.05, 0) is 35.2 Å². The number of thiophene rings is 1. The van der Waals surface area contributed by atoms with E-state index in [1.54, 1.807) is 18.3 Å². The van der Waals surface area contributed by atoms with Crippen molar-refractivity contribution in [3.63, 3.8) is 0 Å². The average Bonchev–Trinajstić information content (AvgIpc) is 3.08. The molecule has 0 aliphatic heterocycles. The van der Waals surface area contributed by atoms with E-state index in [1.807, 2.05) is 16.8 Å². The molecule has 2 aromatic heterocycles. The second-order valence-corrected chi connectivity index (χ2v) is 7.29. The quantitative estimate of drug-likeness (QED) is 0.768. The molecule has 3 rings (SSSR count). The summed E-state index contributed by atoms with van der Waals surface area (Å²) in [6, 6.07) is 10.7. The maximum absolute atomic E-state index is 13.7. The van der Waals surface area contributed by atoms with Crippen LogP contribution in [0.4, 0.5) is 4.39 Å². The zero-order valence-corrected chi connectivity index (χ0v) is 13.6. The molecule has 0 atom stereocenters. The number of nitrogens with one attached hydrogen (secondary N) is 1. The fourth-order valence-corrected chi connectivity index (χ4v) is 3.88. The van der Waals surface area contributed by atoms with Gasteiger partial charge in [-0.2, -0.15) is 11.3 Å². The van der Waals surface area contributed by atoms with E-state index in [0.29, 0.717) is 5.69 Å². The summed E-state index contributed by atoms with van der Waals surface area (Å²) in [5.41, 5.74) is 2.37. The molecule has 0 amide bonds. The molecule has 0 radical (unpaired) electrons. The molecule has 0 bridgehead atoms. The number of nitrogens with zero attached hydrogens (tertiary/aromatic N) is 1. The van der Waals surface area contributed by atoms with Crippen LogP contribution in [0.2, 0.25) is 0 Å². The SMILES string of the molecule is O=S(=O)(NCc1cccnc1-c1ccsc1)c1ccccc1F. The third kappa shape index (κ3) is 3.47. The summed E-state index contributed by atoms with van der Waals surface area (Å²) in [7, 11) is -3.92. The van der Waals surface area contributed by atoms with E-state index < -0.39 is 15.8 Å².